The molecule has 1 amide bonds. The summed E-state index contributed by atoms with van der Waals surface area (Å²) < 4.78 is 0. The fourth-order valence-corrected chi connectivity index (χ4v) is 1.73. The van der Waals surface area contributed by atoms with Gasteiger partial charge < -0.3 is 16.0 Å². The first-order chi connectivity index (χ1) is 9.69. The number of nitrogens with zero attached hydrogens (tertiary/aromatic N) is 1. The number of anilines is 1. The van der Waals surface area contributed by atoms with E-state index in [2.05, 4.69) is 27.9 Å². The van der Waals surface area contributed by atoms with Gasteiger partial charge in [-0.3, -0.25) is 4.79 Å². The zero-order chi connectivity index (χ0) is 14.8. The van der Waals surface area contributed by atoms with Gasteiger partial charge in [-0.25, -0.2) is 4.99 Å². The summed E-state index contributed by atoms with van der Waals surface area (Å²) >= 11 is 0. The quantitative estimate of drug-likeness (QED) is 0.388. The third-order valence-corrected chi connectivity index (χ3v) is 2.69. The molecule has 0 fully saturated rings. The lowest BCUT2D eigenvalue weighted by Gasteiger charge is -2.09. The van der Waals surface area contributed by atoms with Gasteiger partial charge in [0.1, 0.15) is 6.54 Å². The predicted octanol–water partition coefficient (Wildman–Crippen LogP) is 2.38. The normalized spacial score (nSPS) is 9.29. The van der Waals surface area contributed by atoms with Crippen LogP contribution >= 0.6 is 24.0 Å². The third-order valence-electron chi connectivity index (χ3n) is 2.69. The monoisotopic (exact) mass is 404 g/mol. The fourth-order valence-electron chi connectivity index (χ4n) is 1.73. The molecule has 1 aromatic carbocycles. The standard InChI is InChI=1S/C15H24N4O.HI/c1-4-12-8-7-9-13(10-12)19-14(20)11-18-15(16-5-2)17-6-3;/h7-10H,4-6,11H2,1-3H3,(H,19,20)(H2,16,17,18);1H. The van der Waals surface area contributed by atoms with Gasteiger partial charge in [0.2, 0.25) is 5.91 Å². The molecule has 6 heteroatoms. The number of amides is 1. The van der Waals surface area contributed by atoms with E-state index in [0.717, 1.165) is 25.2 Å². The summed E-state index contributed by atoms with van der Waals surface area (Å²) in [6.07, 6.45) is 0.951. The molecular weight excluding hydrogens is 379 g/mol. The van der Waals surface area contributed by atoms with E-state index in [9.17, 15) is 4.79 Å². The van der Waals surface area contributed by atoms with Gasteiger partial charge in [0, 0.05) is 18.8 Å². The first-order valence-corrected chi connectivity index (χ1v) is 7.10. The van der Waals surface area contributed by atoms with E-state index in [1.807, 2.05) is 38.1 Å². The number of nitrogens with one attached hydrogen (secondary N) is 3. The van der Waals surface area contributed by atoms with Crippen molar-refractivity contribution in [1.82, 2.24) is 10.6 Å². The molecule has 0 aromatic heterocycles. The highest BCUT2D eigenvalue weighted by atomic mass is 127. The van der Waals surface area contributed by atoms with Gasteiger partial charge >= 0.3 is 0 Å². The molecular formula is C15H25IN4O. The minimum atomic E-state index is -0.119. The van der Waals surface area contributed by atoms with Gasteiger partial charge in [-0.2, -0.15) is 0 Å². The number of aryl methyl sites for hydroxylation is 1. The van der Waals surface area contributed by atoms with Crippen LogP contribution in [0.1, 0.15) is 26.3 Å². The predicted molar refractivity (Wildman–Crippen MR) is 99.5 cm³/mol. The summed E-state index contributed by atoms with van der Waals surface area (Å²) in [5.74, 6) is 0.541. The maximum atomic E-state index is 11.9. The number of carbonyl (C=O) groups excluding carboxylic acids is 1. The summed E-state index contributed by atoms with van der Waals surface area (Å²) in [4.78, 5) is 16.1. The zero-order valence-electron chi connectivity index (χ0n) is 12.9. The van der Waals surface area contributed by atoms with Crippen molar-refractivity contribution in [3.05, 3.63) is 29.8 Å². The third kappa shape index (κ3) is 7.89. The van der Waals surface area contributed by atoms with Crippen LogP contribution in [0.5, 0.6) is 0 Å². The highest BCUT2D eigenvalue weighted by Crippen LogP contribution is 2.10. The molecule has 1 rings (SSSR count). The Labute approximate surface area is 144 Å². The highest BCUT2D eigenvalue weighted by molar-refractivity contribution is 14.0. The van der Waals surface area contributed by atoms with Crippen LogP contribution in [0.15, 0.2) is 29.3 Å². The molecule has 0 atom stereocenters. The van der Waals surface area contributed by atoms with Gasteiger partial charge in [0.25, 0.3) is 0 Å². The summed E-state index contributed by atoms with van der Waals surface area (Å²) in [7, 11) is 0. The Hall–Kier alpha value is -1.31. The Balaban J connectivity index is 0.00000400. The second-order valence-corrected chi connectivity index (χ2v) is 4.33. The van der Waals surface area contributed by atoms with Gasteiger partial charge in [-0.05, 0) is 38.0 Å². The summed E-state index contributed by atoms with van der Waals surface area (Å²) in [6, 6.07) is 7.86. The highest BCUT2D eigenvalue weighted by Gasteiger charge is 2.03. The van der Waals surface area contributed by atoms with Gasteiger partial charge in [-0.1, -0.05) is 19.1 Å². The van der Waals surface area contributed by atoms with Crippen molar-refractivity contribution >= 4 is 41.5 Å². The molecule has 3 N–H and O–H groups in total. The Bertz CT molecular complexity index is 455. The lowest BCUT2D eigenvalue weighted by atomic mass is 10.1. The summed E-state index contributed by atoms with van der Waals surface area (Å²) in [6.45, 7) is 7.71. The summed E-state index contributed by atoms with van der Waals surface area (Å²) in [5, 5.41) is 9.01. The molecule has 0 aliphatic rings. The Kier molecular flexibility index (Phi) is 10.7. The molecule has 0 radical (unpaired) electrons. The minimum absolute atomic E-state index is 0. The number of hydrogen-bond acceptors (Lipinski definition) is 2. The number of aliphatic imine (C=N–C) groups is 1. The van der Waals surface area contributed by atoms with E-state index in [1.165, 1.54) is 5.56 Å². The second kappa shape index (κ2) is 11.4. The molecule has 5 nitrogen and oxygen atoms in total. The summed E-state index contributed by atoms with van der Waals surface area (Å²) in [5.41, 5.74) is 2.02. The average Bonchev–Trinajstić information content (AvgIpc) is 2.45. The van der Waals surface area contributed by atoms with Crippen LogP contribution in [-0.4, -0.2) is 31.5 Å². The fraction of sp³-hybridized carbons (Fsp3) is 0.467. The molecule has 118 valence electrons. The van der Waals surface area contributed by atoms with E-state index >= 15 is 0 Å². The van der Waals surface area contributed by atoms with Crippen LogP contribution in [0, 0.1) is 0 Å². The zero-order valence-corrected chi connectivity index (χ0v) is 15.2. The van der Waals surface area contributed by atoms with Crippen molar-refractivity contribution in [3.63, 3.8) is 0 Å². The lowest BCUT2D eigenvalue weighted by Crippen LogP contribution is -2.37. The Morgan fingerprint density at radius 2 is 1.81 bits per heavy atom. The van der Waals surface area contributed by atoms with E-state index in [-0.39, 0.29) is 36.4 Å². The van der Waals surface area contributed by atoms with E-state index < -0.39 is 0 Å². The van der Waals surface area contributed by atoms with E-state index in [4.69, 9.17) is 0 Å². The smallest absolute Gasteiger partial charge is 0.246 e. The van der Waals surface area contributed by atoms with Crippen molar-refractivity contribution in [2.75, 3.05) is 25.0 Å². The van der Waals surface area contributed by atoms with Crippen LogP contribution < -0.4 is 16.0 Å². The van der Waals surface area contributed by atoms with Gasteiger partial charge in [0.05, 0.1) is 0 Å². The van der Waals surface area contributed by atoms with Crippen molar-refractivity contribution in [2.45, 2.75) is 27.2 Å². The van der Waals surface area contributed by atoms with E-state index in [1.54, 1.807) is 0 Å². The Morgan fingerprint density at radius 1 is 1.14 bits per heavy atom. The molecule has 0 aliphatic heterocycles. The first kappa shape index (κ1) is 19.7. The first-order valence-electron chi connectivity index (χ1n) is 7.10. The Morgan fingerprint density at radius 3 is 2.38 bits per heavy atom. The van der Waals surface area contributed by atoms with Crippen LogP contribution in [-0.2, 0) is 11.2 Å². The molecule has 1 aromatic rings. The van der Waals surface area contributed by atoms with Crippen LogP contribution in [0.2, 0.25) is 0 Å². The van der Waals surface area contributed by atoms with Gasteiger partial charge in [0.15, 0.2) is 5.96 Å². The maximum Gasteiger partial charge on any atom is 0.246 e. The van der Waals surface area contributed by atoms with E-state index in [0.29, 0.717) is 5.96 Å². The second-order valence-electron chi connectivity index (χ2n) is 4.33. The minimum Gasteiger partial charge on any atom is -0.357 e. The van der Waals surface area contributed by atoms with Crippen LogP contribution in [0.4, 0.5) is 5.69 Å². The molecule has 0 spiro atoms. The number of benzene rings is 1. The number of halogens is 1. The number of rotatable bonds is 6. The van der Waals surface area contributed by atoms with Crippen molar-refractivity contribution < 1.29 is 4.79 Å². The number of carbonyl (C=O) groups is 1. The largest absolute Gasteiger partial charge is 0.357 e. The molecule has 0 heterocycles. The molecule has 0 aliphatic carbocycles. The van der Waals surface area contributed by atoms with Crippen molar-refractivity contribution in [3.8, 4) is 0 Å². The SMILES string of the molecule is CCNC(=NCC(=O)Nc1cccc(CC)c1)NCC.I. The molecule has 0 bridgehead atoms. The topological polar surface area (TPSA) is 65.5 Å². The molecule has 0 unspecified atom stereocenters. The van der Waals surface area contributed by atoms with Gasteiger partial charge in [-0.15, -0.1) is 24.0 Å². The molecule has 0 saturated carbocycles. The van der Waals surface area contributed by atoms with Crippen molar-refractivity contribution in [1.29, 1.82) is 0 Å². The van der Waals surface area contributed by atoms with Crippen LogP contribution in [0.25, 0.3) is 0 Å². The van der Waals surface area contributed by atoms with Crippen LogP contribution in [0.3, 0.4) is 0 Å². The number of guanidine groups is 1. The average molecular weight is 404 g/mol. The lowest BCUT2D eigenvalue weighted by molar-refractivity contribution is -0.114. The van der Waals surface area contributed by atoms with Crippen molar-refractivity contribution in [2.24, 2.45) is 4.99 Å². The number of hydrogen-bond donors (Lipinski definition) is 3. The maximum absolute atomic E-state index is 11.9. The molecule has 21 heavy (non-hydrogen) atoms. The molecule has 0 saturated heterocycles.